The van der Waals surface area contributed by atoms with Gasteiger partial charge in [-0.15, -0.1) is 0 Å². The van der Waals surface area contributed by atoms with Gasteiger partial charge in [-0.05, 0) is 42.7 Å². The predicted octanol–water partition coefficient (Wildman–Crippen LogP) is 5.95. The summed E-state index contributed by atoms with van der Waals surface area (Å²) in [6.07, 6.45) is 5.53. The molecule has 7 nitrogen and oxygen atoms in total. The number of hydrogen-bond donors (Lipinski definition) is 2. The highest BCUT2D eigenvalue weighted by atomic mass is 16.5. The fourth-order valence-corrected chi connectivity index (χ4v) is 4.41. The lowest BCUT2D eigenvalue weighted by Gasteiger charge is -2.23. The maximum Gasteiger partial charge on any atom is 0.338 e. The summed E-state index contributed by atoms with van der Waals surface area (Å²) in [5.41, 5.74) is 1.78. The van der Waals surface area contributed by atoms with Gasteiger partial charge in [0.15, 0.2) is 0 Å². The average molecular weight is 463 g/mol. The first kappa shape index (κ1) is 23.8. The van der Waals surface area contributed by atoms with Crippen molar-refractivity contribution in [1.82, 2.24) is 15.1 Å². The summed E-state index contributed by atoms with van der Waals surface area (Å²) in [5, 5.41) is 12.7. The molecule has 2 amide bonds. The van der Waals surface area contributed by atoms with Crippen LogP contribution in [0.3, 0.4) is 0 Å². The van der Waals surface area contributed by atoms with Crippen molar-refractivity contribution in [3.8, 4) is 5.69 Å². The van der Waals surface area contributed by atoms with Crippen molar-refractivity contribution in [2.75, 3.05) is 11.9 Å². The van der Waals surface area contributed by atoms with Gasteiger partial charge in [0.05, 0.1) is 23.6 Å². The van der Waals surface area contributed by atoms with E-state index in [9.17, 15) is 9.59 Å². The molecule has 1 aliphatic carbocycles. The maximum absolute atomic E-state index is 12.9. The molecule has 0 aliphatic heterocycles. The number of hydrogen-bond acceptors (Lipinski definition) is 4. The maximum atomic E-state index is 12.9. The third-order valence-electron chi connectivity index (χ3n) is 6.25. The van der Waals surface area contributed by atoms with Crippen molar-refractivity contribution in [3.05, 3.63) is 53.7 Å². The van der Waals surface area contributed by atoms with Crippen molar-refractivity contribution < 1.29 is 14.3 Å². The number of carbonyl (C=O) groups is 2. The number of carbonyl (C=O) groups excluding carboxylic acids is 2. The molecule has 1 fully saturated rings. The number of nitrogens with one attached hydrogen (secondary N) is 2. The molecule has 3 aromatic rings. The lowest BCUT2D eigenvalue weighted by molar-refractivity contribution is 0.0528. The summed E-state index contributed by atoms with van der Waals surface area (Å²) >= 11 is 0. The third kappa shape index (κ3) is 5.24. The summed E-state index contributed by atoms with van der Waals surface area (Å²) in [7, 11) is 0. The Morgan fingerprint density at radius 3 is 2.53 bits per heavy atom. The monoisotopic (exact) mass is 462 g/mol. The first-order valence-electron chi connectivity index (χ1n) is 12.1. The molecule has 2 N–H and O–H groups in total. The molecule has 2 aromatic carbocycles. The lowest BCUT2D eigenvalue weighted by atomic mass is 9.92. The van der Waals surface area contributed by atoms with Crippen LogP contribution in [0.15, 0.2) is 42.5 Å². The van der Waals surface area contributed by atoms with Crippen LogP contribution in [-0.4, -0.2) is 34.4 Å². The number of nitrogens with zero attached hydrogens (tertiary/aromatic N) is 2. The number of rotatable bonds is 5. The van der Waals surface area contributed by atoms with Crippen molar-refractivity contribution in [1.29, 1.82) is 0 Å². The molecule has 0 saturated heterocycles. The molecule has 0 bridgehead atoms. The minimum absolute atomic E-state index is 0.197. The molecule has 7 heteroatoms. The third-order valence-corrected chi connectivity index (χ3v) is 6.25. The zero-order chi connectivity index (χ0) is 24.3. The van der Waals surface area contributed by atoms with Gasteiger partial charge in [0.2, 0.25) is 0 Å². The van der Waals surface area contributed by atoms with E-state index in [1.807, 2.05) is 36.4 Å². The molecule has 0 unspecified atom stereocenters. The van der Waals surface area contributed by atoms with Gasteiger partial charge in [0.1, 0.15) is 5.82 Å². The van der Waals surface area contributed by atoms with Crippen LogP contribution in [0.1, 0.15) is 75.9 Å². The van der Waals surface area contributed by atoms with E-state index in [1.54, 1.807) is 17.7 Å². The SMILES string of the molecule is CCOC(=O)c1cc(-n2nc(C(C)(C)C)cc2NC(=O)NC2CCCCC2)cc2ccccc12. The highest BCUT2D eigenvalue weighted by molar-refractivity contribution is 6.05. The normalized spacial score (nSPS) is 14.7. The fraction of sp³-hybridized carbons (Fsp3) is 0.444. The molecule has 34 heavy (non-hydrogen) atoms. The van der Waals surface area contributed by atoms with Gasteiger partial charge in [0.25, 0.3) is 0 Å². The van der Waals surface area contributed by atoms with Crippen molar-refractivity contribution in [2.45, 2.75) is 71.3 Å². The van der Waals surface area contributed by atoms with Crippen LogP contribution >= 0.6 is 0 Å². The van der Waals surface area contributed by atoms with Crippen LogP contribution < -0.4 is 10.6 Å². The van der Waals surface area contributed by atoms with Crippen LogP contribution in [0.5, 0.6) is 0 Å². The minimum atomic E-state index is -0.381. The first-order valence-corrected chi connectivity index (χ1v) is 12.1. The topological polar surface area (TPSA) is 85.2 Å². The van der Waals surface area contributed by atoms with Gasteiger partial charge in [0, 0.05) is 17.5 Å². The van der Waals surface area contributed by atoms with E-state index in [0.29, 0.717) is 23.7 Å². The Bertz CT molecular complexity index is 1190. The van der Waals surface area contributed by atoms with E-state index in [-0.39, 0.29) is 23.5 Å². The lowest BCUT2D eigenvalue weighted by Crippen LogP contribution is -2.39. The molecule has 180 valence electrons. The van der Waals surface area contributed by atoms with Crippen molar-refractivity contribution in [2.24, 2.45) is 0 Å². The predicted molar refractivity (Wildman–Crippen MR) is 135 cm³/mol. The molecular weight excluding hydrogens is 428 g/mol. The number of amides is 2. The summed E-state index contributed by atoms with van der Waals surface area (Å²) in [6.45, 7) is 8.32. The number of aromatic nitrogens is 2. The standard InChI is InChI=1S/C27H34N4O3/c1-5-34-25(32)22-16-20(15-18-11-9-10-14-21(18)22)31-24(17-23(30-31)27(2,3)4)29-26(33)28-19-12-7-6-8-13-19/h9-11,14-17,19H,5-8,12-13H2,1-4H3,(H2,28,29,33). The van der Waals surface area contributed by atoms with Crippen LogP contribution in [0, 0.1) is 0 Å². The highest BCUT2D eigenvalue weighted by Crippen LogP contribution is 2.30. The van der Waals surface area contributed by atoms with Gasteiger partial charge < -0.3 is 10.1 Å². The Morgan fingerprint density at radius 1 is 1.09 bits per heavy atom. The van der Waals surface area contributed by atoms with Crippen LogP contribution in [0.4, 0.5) is 10.6 Å². The van der Waals surface area contributed by atoms with E-state index in [2.05, 4.69) is 31.4 Å². The van der Waals surface area contributed by atoms with Crippen molar-refractivity contribution >= 4 is 28.6 Å². The molecule has 1 saturated carbocycles. The summed E-state index contributed by atoms with van der Waals surface area (Å²) < 4.78 is 7.02. The van der Waals surface area contributed by atoms with E-state index < -0.39 is 0 Å². The van der Waals surface area contributed by atoms with Crippen LogP contribution in [0.2, 0.25) is 0 Å². The number of ether oxygens (including phenoxy) is 1. The Hall–Kier alpha value is -3.35. The van der Waals surface area contributed by atoms with Gasteiger partial charge in [-0.1, -0.05) is 64.3 Å². The van der Waals surface area contributed by atoms with Crippen LogP contribution in [0.25, 0.3) is 16.5 Å². The van der Waals surface area contributed by atoms with Crippen LogP contribution in [-0.2, 0) is 10.2 Å². The fourth-order valence-electron chi connectivity index (χ4n) is 4.41. The number of benzene rings is 2. The number of urea groups is 1. The van der Waals surface area contributed by atoms with Crippen molar-refractivity contribution in [3.63, 3.8) is 0 Å². The second-order valence-corrected chi connectivity index (χ2v) is 9.94. The molecule has 4 rings (SSSR count). The van der Waals surface area contributed by atoms with Gasteiger partial charge in [-0.3, -0.25) is 5.32 Å². The molecule has 0 radical (unpaired) electrons. The Morgan fingerprint density at radius 2 is 1.82 bits per heavy atom. The zero-order valence-electron chi connectivity index (χ0n) is 20.5. The van der Waals surface area contributed by atoms with E-state index in [1.165, 1.54) is 6.42 Å². The molecule has 1 heterocycles. The quantitative estimate of drug-likeness (QED) is 0.459. The molecule has 1 aromatic heterocycles. The Kier molecular flexibility index (Phi) is 6.91. The molecular formula is C27H34N4O3. The summed E-state index contributed by atoms with van der Waals surface area (Å²) in [4.78, 5) is 25.6. The minimum Gasteiger partial charge on any atom is -0.462 e. The summed E-state index contributed by atoms with van der Waals surface area (Å²) in [5.74, 6) is 0.177. The van der Waals surface area contributed by atoms with E-state index >= 15 is 0 Å². The first-order chi connectivity index (χ1) is 16.3. The number of fused-ring (bicyclic) bond motifs is 1. The number of esters is 1. The largest absolute Gasteiger partial charge is 0.462 e. The molecule has 1 aliphatic rings. The molecule has 0 atom stereocenters. The average Bonchev–Trinajstić information content (AvgIpc) is 3.23. The second-order valence-electron chi connectivity index (χ2n) is 9.94. The highest BCUT2D eigenvalue weighted by Gasteiger charge is 2.24. The zero-order valence-corrected chi connectivity index (χ0v) is 20.5. The smallest absolute Gasteiger partial charge is 0.338 e. The van der Waals surface area contributed by atoms with Gasteiger partial charge >= 0.3 is 12.0 Å². The van der Waals surface area contributed by atoms with E-state index in [4.69, 9.17) is 9.84 Å². The second kappa shape index (κ2) is 9.87. The molecule has 0 spiro atoms. The summed E-state index contributed by atoms with van der Waals surface area (Å²) in [6, 6.07) is 13.3. The Balaban J connectivity index is 1.74. The van der Waals surface area contributed by atoms with E-state index in [0.717, 1.165) is 42.1 Å². The number of anilines is 1. The Labute approximate surface area is 200 Å². The van der Waals surface area contributed by atoms with Gasteiger partial charge in [-0.2, -0.15) is 5.10 Å². The van der Waals surface area contributed by atoms with Gasteiger partial charge in [-0.25, -0.2) is 14.3 Å².